The van der Waals surface area contributed by atoms with Gasteiger partial charge in [-0.3, -0.25) is 4.90 Å². The largest absolute Gasteiger partial charge is 0.314 e. The number of rotatable bonds is 3. The molecule has 0 aliphatic carbocycles. The molecule has 2 rings (SSSR count). The standard InChI is InChI=1S/C15H21N3.2ClH/c1-12-4-3-5-13(2)15(12)14(6-7-16)18-10-8-17-9-11-18;;/h3-5,14,17H,6,8-11H2,1-2H3;2*1H/t14-;;/m0../s1. The number of nitriles is 1. The average molecular weight is 316 g/mol. The highest BCUT2D eigenvalue weighted by atomic mass is 35.5. The first-order chi connectivity index (χ1) is 8.74. The van der Waals surface area contributed by atoms with Crippen molar-refractivity contribution in [1.82, 2.24) is 10.2 Å². The lowest BCUT2D eigenvalue weighted by Crippen LogP contribution is -2.45. The van der Waals surface area contributed by atoms with E-state index in [4.69, 9.17) is 5.26 Å². The van der Waals surface area contributed by atoms with E-state index in [1.807, 2.05) is 0 Å². The molecule has 1 aliphatic rings. The van der Waals surface area contributed by atoms with Crippen LogP contribution in [-0.2, 0) is 0 Å². The Bertz CT molecular complexity index is 431. The fourth-order valence-corrected chi connectivity index (χ4v) is 2.85. The Morgan fingerprint density at radius 1 is 1.20 bits per heavy atom. The summed E-state index contributed by atoms with van der Waals surface area (Å²) >= 11 is 0. The summed E-state index contributed by atoms with van der Waals surface area (Å²) in [5, 5.41) is 12.5. The maximum Gasteiger partial charge on any atom is 0.0641 e. The van der Waals surface area contributed by atoms with Crippen molar-refractivity contribution in [3.63, 3.8) is 0 Å². The third-order valence-electron chi connectivity index (χ3n) is 3.75. The number of hydrogen-bond donors (Lipinski definition) is 1. The first-order valence-corrected chi connectivity index (χ1v) is 6.62. The minimum Gasteiger partial charge on any atom is -0.314 e. The Labute approximate surface area is 134 Å². The molecule has 5 heteroatoms. The first kappa shape index (κ1) is 19.2. The van der Waals surface area contributed by atoms with Gasteiger partial charge in [-0.1, -0.05) is 18.2 Å². The van der Waals surface area contributed by atoms with Gasteiger partial charge >= 0.3 is 0 Å². The third kappa shape index (κ3) is 4.36. The fraction of sp³-hybridized carbons (Fsp3) is 0.533. The summed E-state index contributed by atoms with van der Waals surface area (Å²) < 4.78 is 0. The van der Waals surface area contributed by atoms with E-state index >= 15 is 0 Å². The Kier molecular flexibility index (Phi) is 8.84. The van der Waals surface area contributed by atoms with Gasteiger partial charge in [-0.05, 0) is 30.5 Å². The molecule has 1 N–H and O–H groups in total. The van der Waals surface area contributed by atoms with Gasteiger partial charge < -0.3 is 5.32 Å². The van der Waals surface area contributed by atoms with Crippen LogP contribution in [0.2, 0.25) is 0 Å². The molecule has 20 heavy (non-hydrogen) atoms. The van der Waals surface area contributed by atoms with Crippen molar-refractivity contribution in [2.45, 2.75) is 26.3 Å². The fourth-order valence-electron chi connectivity index (χ4n) is 2.85. The number of nitrogens with zero attached hydrogens (tertiary/aromatic N) is 2. The van der Waals surface area contributed by atoms with Crippen molar-refractivity contribution in [3.8, 4) is 6.07 Å². The molecule has 0 amide bonds. The van der Waals surface area contributed by atoms with E-state index in [9.17, 15) is 0 Å². The molecule has 0 bridgehead atoms. The van der Waals surface area contributed by atoms with Gasteiger partial charge in [0.15, 0.2) is 0 Å². The highest BCUT2D eigenvalue weighted by Gasteiger charge is 2.24. The summed E-state index contributed by atoms with van der Waals surface area (Å²) in [5.41, 5.74) is 3.95. The lowest BCUT2D eigenvalue weighted by Gasteiger charge is -2.35. The molecule has 1 aromatic carbocycles. The van der Waals surface area contributed by atoms with E-state index in [1.165, 1.54) is 16.7 Å². The molecule has 0 aromatic heterocycles. The SMILES string of the molecule is Cc1cccc(C)c1[C@H](CC#N)N1CCNCC1.Cl.Cl. The second kappa shape index (κ2) is 9.20. The van der Waals surface area contributed by atoms with Crippen LogP contribution in [0.3, 0.4) is 0 Å². The van der Waals surface area contributed by atoms with Gasteiger partial charge in [-0.15, -0.1) is 24.8 Å². The molecule has 1 heterocycles. The monoisotopic (exact) mass is 315 g/mol. The van der Waals surface area contributed by atoms with Crippen molar-refractivity contribution in [2.24, 2.45) is 0 Å². The highest BCUT2D eigenvalue weighted by Crippen LogP contribution is 2.29. The molecular weight excluding hydrogens is 293 g/mol. The Balaban J connectivity index is 0.00000180. The van der Waals surface area contributed by atoms with E-state index in [1.54, 1.807) is 0 Å². The van der Waals surface area contributed by atoms with Crippen LogP contribution < -0.4 is 5.32 Å². The average Bonchev–Trinajstić information content (AvgIpc) is 2.38. The summed E-state index contributed by atoms with van der Waals surface area (Å²) in [6.45, 7) is 8.39. The van der Waals surface area contributed by atoms with Gasteiger partial charge in [0, 0.05) is 32.2 Å². The summed E-state index contributed by atoms with van der Waals surface area (Å²) in [5.74, 6) is 0. The van der Waals surface area contributed by atoms with Gasteiger partial charge in [0.2, 0.25) is 0 Å². The van der Waals surface area contributed by atoms with E-state index in [0.717, 1.165) is 26.2 Å². The van der Waals surface area contributed by atoms with Crippen molar-refractivity contribution in [1.29, 1.82) is 5.26 Å². The number of piperazine rings is 1. The molecule has 1 saturated heterocycles. The van der Waals surface area contributed by atoms with Gasteiger partial charge in [-0.25, -0.2) is 0 Å². The molecule has 3 nitrogen and oxygen atoms in total. The quantitative estimate of drug-likeness (QED) is 0.932. The van der Waals surface area contributed by atoms with E-state index in [2.05, 4.69) is 48.3 Å². The lowest BCUT2D eigenvalue weighted by molar-refractivity contribution is 0.174. The summed E-state index contributed by atoms with van der Waals surface area (Å²) in [4.78, 5) is 2.44. The Morgan fingerprint density at radius 2 is 1.75 bits per heavy atom. The maximum absolute atomic E-state index is 9.12. The lowest BCUT2D eigenvalue weighted by atomic mass is 9.93. The zero-order chi connectivity index (χ0) is 13.0. The van der Waals surface area contributed by atoms with Crippen molar-refractivity contribution >= 4 is 24.8 Å². The molecule has 1 aromatic rings. The predicted octanol–water partition coefficient (Wildman–Crippen LogP) is 3.01. The van der Waals surface area contributed by atoms with Crippen molar-refractivity contribution in [3.05, 3.63) is 34.9 Å². The maximum atomic E-state index is 9.12. The second-order valence-corrected chi connectivity index (χ2v) is 4.97. The van der Waals surface area contributed by atoms with Crippen LogP contribution in [0.15, 0.2) is 18.2 Å². The van der Waals surface area contributed by atoms with E-state index in [0.29, 0.717) is 6.42 Å². The van der Waals surface area contributed by atoms with Gasteiger partial charge in [0.1, 0.15) is 0 Å². The predicted molar refractivity (Wildman–Crippen MR) is 87.8 cm³/mol. The molecule has 1 fully saturated rings. The van der Waals surface area contributed by atoms with Gasteiger partial charge in [-0.2, -0.15) is 5.26 Å². The number of nitrogens with one attached hydrogen (secondary N) is 1. The first-order valence-electron chi connectivity index (χ1n) is 6.62. The summed E-state index contributed by atoms with van der Waals surface area (Å²) in [6, 6.07) is 8.99. The second-order valence-electron chi connectivity index (χ2n) is 4.97. The van der Waals surface area contributed by atoms with Crippen LogP contribution in [0.1, 0.15) is 29.2 Å². The van der Waals surface area contributed by atoms with Crippen LogP contribution in [0.4, 0.5) is 0 Å². The zero-order valence-corrected chi connectivity index (χ0v) is 13.7. The number of benzene rings is 1. The van der Waals surface area contributed by atoms with Crippen LogP contribution in [-0.4, -0.2) is 31.1 Å². The molecule has 0 unspecified atom stereocenters. The summed E-state index contributed by atoms with van der Waals surface area (Å²) in [6.07, 6.45) is 0.575. The molecule has 0 spiro atoms. The van der Waals surface area contributed by atoms with Crippen molar-refractivity contribution < 1.29 is 0 Å². The number of aryl methyl sites for hydroxylation is 2. The van der Waals surface area contributed by atoms with E-state index in [-0.39, 0.29) is 30.9 Å². The Hall–Kier alpha value is -0.790. The van der Waals surface area contributed by atoms with Crippen molar-refractivity contribution in [2.75, 3.05) is 26.2 Å². The smallest absolute Gasteiger partial charge is 0.0641 e. The van der Waals surface area contributed by atoms with Crippen LogP contribution >= 0.6 is 24.8 Å². The van der Waals surface area contributed by atoms with Gasteiger partial charge in [0.05, 0.1) is 12.5 Å². The topological polar surface area (TPSA) is 39.1 Å². The number of hydrogen-bond acceptors (Lipinski definition) is 3. The summed E-state index contributed by atoms with van der Waals surface area (Å²) in [7, 11) is 0. The molecule has 0 radical (unpaired) electrons. The minimum absolute atomic E-state index is 0. The molecular formula is C15H23Cl2N3. The Morgan fingerprint density at radius 3 is 2.25 bits per heavy atom. The highest BCUT2D eigenvalue weighted by molar-refractivity contribution is 5.85. The van der Waals surface area contributed by atoms with Crippen LogP contribution in [0.5, 0.6) is 0 Å². The minimum atomic E-state index is 0. The van der Waals surface area contributed by atoms with Crippen LogP contribution in [0.25, 0.3) is 0 Å². The molecule has 0 saturated carbocycles. The van der Waals surface area contributed by atoms with Gasteiger partial charge in [0.25, 0.3) is 0 Å². The molecule has 1 atom stereocenters. The molecule has 112 valence electrons. The zero-order valence-electron chi connectivity index (χ0n) is 12.1. The third-order valence-corrected chi connectivity index (χ3v) is 3.75. The molecule has 1 aliphatic heterocycles. The number of halogens is 2. The van der Waals surface area contributed by atoms with Crippen LogP contribution in [0, 0.1) is 25.2 Å². The van der Waals surface area contributed by atoms with E-state index < -0.39 is 0 Å². The normalized spacial score (nSPS) is 16.4.